The summed E-state index contributed by atoms with van der Waals surface area (Å²) in [5, 5.41) is 3.53. The minimum absolute atomic E-state index is 0.748. The van der Waals surface area contributed by atoms with Gasteiger partial charge in [0.2, 0.25) is 0 Å². The van der Waals surface area contributed by atoms with Crippen LogP contribution >= 0.6 is 0 Å². The fraction of sp³-hybridized carbons (Fsp3) is 0.643. The van der Waals surface area contributed by atoms with Crippen molar-refractivity contribution in [2.24, 2.45) is 5.92 Å². The molecule has 1 heterocycles. The molecule has 2 nitrogen and oxygen atoms in total. The van der Waals surface area contributed by atoms with E-state index in [1.165, 1.54) is 31.4 Å². The average Bonchev–Trinajstić information content (AvgIpc) is 2.26. The van der Waals surface area contributed by atoms with E-state index in [9.17, 15) is 0 Å². The Balaban J connectivity index is 1.88. The van der Waals surface area contributed by atoms with E-state index in [1.807, 2.05) is 6.92 Å². The van der Waals surface area contributed by atoms with E-state index in [4.69, 9.17) is 0 Å². The maximum Gasteiger partial charge on any atom is 0.0372 e. The third-order valence-corrected chi connectivity index (χ3v) is 3.61. The molecule has 0 aromatic carbocycles. The summed E-state index contributed by atoms with van der Waals surface area (Å²) in [6.45, 7) is 6.59. The molecule has 1 aromatic rings. The van der Waals surface area contributed by atoms with Gasteiger partial charge >= 0.3 is 0 Å². The molecule has 0 spiro atoms. The lowest BCUT2D eigenvalue weighted by atomic mass is 9.70. The number of nitrogens with zero attached hydrogens (tertiary/aromatic N) is 1. The van der Waals surface area contributed by atoms with E-state index >= 15 is 0 Å². The Bertz CT molecular complexity index is 318. The normalized spacial score (nSPS) is 24.1. The highest BCUT2D eigenvalue weighted by molar-refractivity contribution is 5.21. The van der Waals surface area contributed by atoms with Gasteiger partial charge in [-0.15, -0.1) is 0 Å². The molecule has 2 heteroatoms. The summed E-state index contributed by atoms with van der Waals surface area (Å²) in [6.07, 6.45) is 5.99. The molecule has 1 saturated carbocycles. The molecule has 1 aromatic heterocycles. The second-order valence-electron chi connectivity index (χ2n) is 4.88. The lowest BCUT2D eigenvalue weighted by Crippen LogP contribution is -2.34. The van der Waals surface area contributed by atoms with Crippen molar-refractivity contribution in [2.45, 2.75) is 39.0 Å². The molecule has 1 N–H and O–H groups in total. The van der Waals surface area contributed by atoms with Crippen molar-refractivity contribution in [3.05, 3.63) is 29.6 Å². The van der Waals surface area contributed by atoms with Crippen LogP contribution in [0.25, 0.3) is 0 Å². The summed E-state index contributed by atoms with van der Waals surface area (Å²) < 4.78 is 0. The summed E-state index contributed by atoms with van der Waals surface area (Å²) in [4.78, 5) is 4.39. The van der Waals surface area contributed by atoms with Crippen molar-refractivity contribution in [1.82, 2.24) is 10.3 Å². The van der Waals surface area contributed by atoms with Crippen LogP contribution in [0.15, 0.2) is 18.3 Å². The highest BCUT2D eigenvalue weighted by atomic mass is 14.9. The van der Waals surface area contributed by atoms with Gasteiger partial charge in [-0.1, -0.05) is 13.0 Å². The number of hydrogen-bond acceptors (Lipinski definition) is 2. The molecule has 2 atom stereocenters. The van der Waals surface area contributed by atoms with Gasteiger partial charge in [0.1, 0.15) is 0 Å². The molecule has 0 bridgehead atoms. The van der Waals surface area contributed by atoms with Gasteiger partial charge in [0.05, 0.1) is 0 Å². The maximum absolute atomic E-state index is 4.39. The largest absolute Gasteiger partial charge is 0.316 e. The molecule has 0 saturated heterocycles. The standard InChI is InChI=1S/C14H22N2/c1-3-8-15-9-12-6-7-14(12)13-5-4-11(2)16-10-13/h4-5,10,12,14-15H,3,6-9H2,1-2H3. The van der Waals surface area contributed by atoms with E-state index in [2.05, 4.69) is 35.6 Å². The summed E-state index contributed by atoms with van der Waals surface area (Å²) in [6, 6.07) is 4.38. The fourth-order valence-corrected chi connectivity index (χ4v) is 2.42. The highest BCUT2D eigenvalue weighted by Gasteiger charge is 2.31. The summed E-state index contributed by atoms with van der Waals surface area (Å²) in [5.74, 6) is 1.58. The first kappa shape index (κ1) is 11.6. The Morgan fingerprint density at radius 3 is 2.81 bits per heavy atom. The van der Waals surface area contributed by atoms with Crippen LogP contribution in [-0.4, -0.2) is 18.1 Å². The number of rotatable bonds is 5. The zero-order valence-electron chi connectivity index (χ0n) is 10.4. The number of nitrogens with one attached hydrogen (secondary N) is 1. The van der Waals surface area contributed by atoms with E-state index in [0.717, 1.165) is 24.1 Å². The summed E-state index contributed by atoms with van der Waals surface area (Å²) in [7, 11) is 0. The Hall–Kier alpha value is -0.890. The predicted octanol–water partition coefficient (Wildman–Crippen LogP) is 2.88. The van der Waals surface area contributed by atoms with Crippen LogP contribution in [0, 0.1) is 12.8 Å². The number of pyridine rings is 1. The average molecular weight is 218 g/mol. The van der Waals surface area contributed by atoms with E-state index in [0.29, 0.717) is 0 Å². The maximum atomic E-state index is 4.39. The monoisotopic (exact) mass is 218 g/mol. The number of hydrogen-bond donors (Lipinski definition) is 1. The lowest BCUT2D eigenvalue weighted by molar-refractivity contribution is 0.246. The van der Waals surface area contributed by atoms with Gasteiger partial charge in [0.25, 0.3) is 0 Å². The molecule has 0 amide bonds. The van der Waals surface area contributed by atoms with Crippen molar-refractivity contribution in [3.63, 3.8) is 0 Å². The first-order valence-corrected chi connectivity index (χ1v) is 6.44. The van der Waals surface area contributed by atoms with Crippen molar-refractivity contribution in [2.75, 3.05) is 13.1 Å². The van der Waals surface area contributed by atoms with Crippen LogP contribution < -0.4 is 5.32 Å². The van der Waals surface area contributed by atoms with E-state index in [-0.39, 0.29) is 0 Å². The van der Waals surface area contributed by atoms with Crippen LogP contribution in [0.2, 0.25) is 0 Å². The second kappa shape index (κ2) is 5.44. The minimum atomic E-state index is 0.748. The quantitative estimate of drug-likeness (QED) is 0.769. The van der Waals surface area contributed by atoms with Gasteiger partial charge in [-0.3, -0.25) is 4.98 Å². The Morgan fingerprint density at radius 1 is 1.38 bits per heavy atom. The zero-order valence-corrected chi connectivity index (χ0v) is 10.4. The van der Waals surface area contributed by atoms with Crippen LogP contribution in [0.3, 0.4) is 0 Å². The van der Waals surface area contributed by atoms with Crippen LogP contribution in [0.5, 0.6) is 0 Å². The van der Waals surface area contributed by atoms with Crippen molar-refractivity contribution >= 4 is 0 Å². The molecule has 88 valence electrons. The van der Waals surface area contributed by atoms with Gasteiger partial charge < -0.3 is 5.32 Å². The third-order valence-electron chi connectivity index (χ3n) is 3.61. The highest BCUT2D eigenvalue weighted by Crippen LogP contribution is 2.41. The van der Waals surface area contributed by atoms with E-state index in [1.54, 1.807) is 0 Å². The van der Waals surface area contributed by atoms with Gasteiger partial charge in [0, 0.05) is 11.9 Å². The van der Waals surface area contributed by atoms with Crippen LogP contribution in [-0.2, 0) is 0 Å². The molecular weight excluding hydrogens is 196 g/mol. The van der Waals surface area contributed by atoms with Crippen molar-refractivity contribution in [3.8, 4) is 0 Å². The summed E-state index contributed by atoms with van der Waals surface area (Å²) >= 11 is 0. The Kier molecular flexibility index (Phi) is 3.94. The predicted molar refractivity (Wildman–Crippen MR) is 67.6 cm³/mol. The second-order valence-corrected chi connectivity index (χ2v) is 4.88. The SMILES string of the molecule is CCCNCC1CCC1c1ccc(C)nc1. The number of aromatic nitrogens is 1. The van der Waals surface area contributed by atoms with Gasteiger partial charge in [-0.05, 0) is 62.7 Å². The Morgan fingerprint density at radius 2 is 2.25 bits per heavy atom. The molecular formula is C14H22N2. The topological polar surface area (TPSA) is 24.9 Å². The minimum Gasteiger partial charge on any atom is -0.316 e. The van der Waals surface area contributed by atoms with Crippen molar-refractivity contribution in [1.29, 1.82) is 0 Å². The van der Waals surface area contributed by atoms with Gasteiger partial charge in [-0.2, -0.15) is 0 Å². The van der Waals surface area contributed by atoms with Crippen LogP contribution in [0.1, 0.15) is 43.4 Å². The number of aryl methyl sites for hydroxylation is 1. The zero-order chi connectivity index (χ0) is 11.4. The molecule has 1 fully saturated rings. The molecule has 2 unspecified atom stereocenters. The molecule has 0 radical (unpaired) electrons. The van der Waals surface area contributed by atoms with Gasteiger partial charge in [-0.25, -0.2) is 0 Å². The molecule has 1 aliphatic carbocycles. The Labute approximate surface area is 98.5 Å². The first-order chi connectivity index (χ1) is 7.81. The summed E-state index contributed by atoms with van der Waals surface area (Å²) in [5.41, 5.74) is 2.55. The lowest BCUT2D eigenvalue weighted by Gasteiger charge is -2.37. The molecule has 1 aliphatic rings. The molecule has 16 heavy (non-hydrogen) atoms. The molecule has 2 rings (SSSR count). The van der Waals surface area contributed by atoms with Gasteiger partial charge in [0.15, 0.2) is 0 Å². The molecule has 0 aliphatic heterocycles. The smallest absolute Gasteiger partial charge is 0.0372 e. The van der Waals surface area contributed by atoms with E-state index < -0.39 is 0 Å². The first-order valence-electron chi connectivity index (χ1n) is 6.44. The fourth-order valence-electron chi connectivity index (χ4n) is 2.42. The van der Waals surface area contributed by atoms with Crippen molar-refractivity contribution < 1.29 is 0 Å². The third kappa shape index (κ3) is 2.62. The van der Waals surface area contributed by atoms with Crippen LogP contribution in [0.4, 0.5) is 0 Å².